The topological polar surface area (TPSA) is 110 Å². The molecule has 15 heteroatoms. The molecule has 4 aromatic rings. The molecule has 0 atom stereocenters. The molecule has 1 aliphatic heterocycles. The number of carbonyl (C=O) groups excluding carboxylic acids is 1. The SMILES string of the molecule is Nc1ncnn2c(CCCN3CCOCC3)cc(-c3cc(F)c(NC(=O)Nc4cc(C(F)(F)F)ccc4F)cc3F)c12. The Labute approximate surface area is 235 Å². The summed E-state index contributed by atoms with van der Waals surface area (Å²) in [5, 5.41) is 8.12. The Morgan fingerprint density at radius 3 is 2.38 bits per heavy atom. The third-order valence-electron chi connectivity index (χ3n) is 6.80. The highest BCUT2D eigenvalue weighted by atomic mass is 19.4. The van der Waals surface area contributed by atoms with E-state index in [1.165, 1.54) is 10.8 Å². The molecule has 1 aliphatic rings. The van der Waals surface area contributed by atoms with E-state index in [-0.39, 0.29) is 22.5 Å². The van der Waals surface area contributed by atoms with Crippen molar-refractivity contribution < 1.29 is 35.9 Å². The summed E-state index contributed by atoms with van der Waals surface area (Å²) >= 11 is 0. The predicted octanol–water partition coefficient (Wildman–Crippen LogP) is 5.32. The van der Waals surface area contributed by atoms with Crippen molar-refractivity contribution in [1.82, 2.24) is 19.5 Å². The van der Waals surface area contributed by atoms with Gasteiger partial charge in [0, 0.05) is 36.0 Å². The Kier molecular flexibility index (Phi) is 8.22. The van der Waals surface area contributed by atoms with Crippen LogP contribution < -0.4 is 16.4 Å². The van der Waals surface area contributed by atoms with E-state index in [0.717, 1.165) is 32.1 Å². The number of nitrogen functional groups attached to an aromatic ring is 1. The summed E-state index contributed by atoms with van der Waals surface area (Å²) in [7, 11) is 0. The zero-order valence-corrected chi connectivity index (χ0v) is 21.9. The molecule has 0 radical (unpaired) electrons. The fraction of sp³-hybridized carbons (Fsp3) is 0.296. The van der Waals surface area contributed by atoms with Crippen LogP contribution in [0.25, 0.3) is 16.6 Å². The van der Waals surface area contributed by atoms with Crippen LogP contribution in [0.15, 0.2) is 42.7 Å². The summed E-state index contributed by atoms with van der Waals surface area (Å²) in [5.41, 5.74) is 4.48. The minimum atomic E-state index is -4.79. The number of carbonyl (C=O) groups is 1. The second-order valence-electron chi connectivity index (χ2n) is 9.60. The molecule has 2 amide bonds. The lowest BCUT2D eigenvalue weighted by Crippen LogP contribution is -2.37. The second kappa shape index (κ2) is 11.9. The molecule has 0 spiro atoms. The van der Waals surface area contributed by atoms with Gasteiger partial charge in [0.05, 0.1) is 30.2 Å². The van der Waals surface area contributed by atoms with Gasteiger partial charge in [-0.15, -0.1) is 0 Å². The number of amides is 2. The first-order valence-corrected chi connectivity index (χ1v) is 12.9. The first-order valence-electron chi connectivity index (χ1n) is 12.9. The number of rotatable bonds is 7. The van der Waals surface area contributed by atoms with Crippen LogP contribution in [0.2, 0.25) is 0 Å². The normalized spacial score (nSPS) is 14.3. The maximum atomic E-state index is 15.4. The number of urea groups is 1. The summed E-state index contributed by atoms with van der Waals surface area (Å²) in [5.74, 6) is -3.10. The van der Waals surface area contributed by atoms with E-state index in [2.05, 4.69) is 15.0 Å². The van der Waals surface area contributed by atoms with Crippen molar-refractivity contribution in [2.45, 2.75) is 19.0 Å². The van der Waals surface area contributed by atoms with Crippen LogP contribution in [-0.2, 0) is 17.3 Å². The first-order chi connectivity index (χ1) is 20.0. The van der Waals surface area contributed by atoms with Crippen LogP contribution >= 0.6 is 0 Å². The van der Waals surface area contributed by atoms with E-state index in [4.69, 9.17) is 10.5 Å². The van der Waals surface area contributed by atoms with E-state index in [1.54, 1.807) is 6.07 Å². The summed E-state index contributed by atoms with van der Waals surface area (Å²) in [4.78, 5) is 18.6. The van der Waals surface area contributed by atoms with E-state index in [9.17, 15) is 22.4 Å². The Morgan fingerprint density at radius 2 is 1.67 bits per heavy atom. The Hall–Kier alpha value is -4.37. The van der Waals surface area contributed by atoms with Crippen LogP contribution in [0, 0.1) is 17.5 Å². The van der Waals surface area contributed by atoms with Crippen LogP contribution in [-0.4, -0.2) is 58.4 Å². The van der Waals surface area contributed by atoms with Gasteiger partial charge in [-0.25, -0.2) is 27.5 Å². The molecule has 1 fully saturated rings. The molecular formula is C27H25F6N7O2. The molecule has 2 aromatic carbocycles. The Balaban J connectivity index is 1.37. The van der Waals surface area contributed by atoms with Gasteiger partial charge in [0.2, 0.25) is 0 Å². The third-order valence-corrected chi connectivity index (χ3v) is 6.80. The van der Waals surface area contributed by atoms with Crippen molar-refractivity contribution in [3.8, 4) is 11.1 Å². The number of nitrogens with two attached hydrogens (primary N) is 1. The molecular weight excluding hydrogens is 568 g/mol. The number of halogens is 6. The number of hydrogen-bond donors (Lipinski definition) is 3. The summed E-state index contributed by atoms with van der Waals surface area (Å²) in [6, 6.07) is 3.33. The molecule has 222 valence electrons. The summed E-state index contributed by atoms with van der Waals surface area (Å²) < 4.78 is 90.2. The van der Waals surface area contributed by atoms with Gasteiger partial charge < -0.3 is 21.1 Å². The molecule has 9 nitrogen and oxygen atoms in total. The van der Waals surface area contributed by atoms with Crippen molar-refractivity contribution in [1.29, 1.82) is 0 Å². The van der Waals surface area contributed by atoms with Gasteiger partial charge >= 0.3 is 12.2 Å². The number of aryl methyl sites for hydroxylation is 1. The van der Waals surface area contributed by atoms with Crippen molar-refractivity contribution >= 4 is 28.7 Å². The smallest absolute Gasteiger partial charge is 0.382 e. The van der Waals surface area contributed by atoms with Crippen LogP contribution in [0.4, 0.5) is 48.3 Å². The van der Waals surface area contributed by atoms with Crippen molar-refractivity contribution in [2.24, 2.45) is 0 Å². The molecule has 3 heterocycles. The number of anilines is 3. The zero-order valence-electron chi connectivity index (χ0n) is 21.9. The number of morpholine rings is 1. The quantitative estimate of drug-likeness (QED) is 0.250. The number of benzene rings is 2. The Morgan fingerprint density at radius 1 is 0.952 bits per heavy atom. The maximum absolute atomic E-state index is 15.4. The number of fused-ring (bicyclic) bond motifs is 1. The molecule has 42 heavy (non-hydrogen) atoms. The predicted molar refractivity (Wildman–Crippen MR) is 142 cm³/mol. The van der Waals surface area contributed by atoms with E-state index >= 15 is 8.78 Å². The molecule has 5 rings (SSSR count). The van der Waals surface area contributed by atoms with Crippen LogP contribution in [0.3, 0.4) is 0 Å². The fourth-order valence-corrected chi connectivity index (χ4v) is 4.75. The van der Waals surface area contributed by atoms with E-state index in [1.807, 2.05) is 10.6 Å². The summed E-state index contributed by atoms with van der Waals surface area (Å²) in [6.07, 6.45) is -2.21. The van der Waals surface area contributed by atoms with Gasteiger partial charge in [-0.05, 0) is 49.7 Å². The van der Waals surface area contributed by atoms with Gasteiger partial charge in [-0.3, -0.25) is 4.90 Å². The van der Waals surface area contributed by atoms with E-state index < -0.39 is 46.6 Å². The second-order valence-corrected chi connectivity index (χ2v) is 9.60. The van der Waals surface area contributed by atoms with Gasteiger partial charge in [-0.2, -0.15) is 18.3 Å². The average molecular weight is 594 g/mol. The molecule has 4 N–H and O–H groups in total. The third kappa shape index (κ3) is 6.26. The number of alkyl halides is 3. The number of nitrogens with zero attached hydrogens (tertiary/aromatic N) is 4. The van der Waals surface area contributed by atoms with Crippen LogP contribution in [0.1, 0.15) is 17.7 Å². The molecule has 0 bridgehead atoms. The van der Waals surface area contributed by atoms with Gasteiger partial charge in [-0.1, -0.05) is 0 Å². The highest BCUT2D eigenvalue weighted by Crippen LogP contribution is 2.35. The largest absolute Gasteiger partial charge is 0.416 e. The zero-order chi connectivity index (χ0) is 30.0. The van der Waals surface area contributed by atoms with Gasteiger partial charge in [0.25, 0.3) is 0 Å². The highest BCUT2D eigenvalue weighted by molar-refractivity contribution is 6.00. The lowest BCUT2D eigenvalue weighted by molar-refractivity contribution is -0.137. The lowest BCUT2D eigenvalue weighted by Gasteiger charge is -2.26. The highest BCUT2D eigenvalue weighted by Gasteiger charge is 2.31. The van der Waals surface area contributed by atoms with Crippen LogP contribution in [0.5, 0.6) is 0 Å². The first kappa shape index (κ1) is 29.1. The monoisotopic (exact) mass is 593 g/mol. The Bertz CT molecular complexity index is 1620. The number of ether oxygens (including phenoxy) is 1. The average Bonchev–Trinajstić information content (AvgIpc) is 3.31. The fourth-order valence-electron chi connectivity index (χ4n) is 4.75. The minimum Gasteiger partial charge on any atom is -0.382 e. The molecule has 0 unspecified atom stereocenters. The van der Waals surface area contributed by atoms with Gasteiger partial charge in [0.15, 0.2) is 5.82 Å². The standard InChI is InChI=1S/C27H25F6N7O2/c28-19-4-3-15(27(31,32)33)10-22(19)37-26(41)38-23-13-20(29)17(12-21(23)30)18-11-16(40-24(18)25(34)35-14-36-40)2-1-5-39-6-8-42-9-7-39/h3-4,10-14H,1-2,5-9H2,(H2,34,35,36)(H2,37,38,41). The minimum absolute atomic E-state index is 0.0453. The molecule has 2 aromatic heterocycles. The van der Waals surface area contributed by atoms with Crippen molar-refractivity contribution in [2.75, 3.05) is 49.2 Å². The molecule has 1 saturated heterocycles. The number of aromatic nitrogens is 3. The number of nitrogens with one attached hydrogen (secondary N) is 2. The van der Waals surface area contributed by atoms with Gasteiger partial charge in [0.1, 0.15) is 29.3 Å². The summed E-state index contributed by atoms with van der Waals surface area (Å²) in [6.45, 7) is 3.80. The lowest BCUT2D eigenvalue weighted by atomic mass is 10.0. The molecule has 0 aliphatic carbocycles. The maximum Gasteiger partial charge on any atom is 0.416 e. The van der Waals surface area contributed by atoms with Crippen molar-refractivity contribution in [3.63, 3.8) is 0 Å². The van der Waals surface area contributed by atoms with Crippen molar-refractivity contribution in [3.05, 3.63) is 71.4 Å². The van der Waals surface area contributed by atoms with E-state index in [0.29, 0.717) is 49.6 Å². The molecule has 0 saturated carbocycles. The number of hydrogen-bond acceptors (Lipinski definition) is 6.